The Morgan fingerprint density at radius 2 is 1.72 bits per heavy atom. The summed E-state index contributed by atoms with van der Waals surface area (Å²) in [7, 11) is 0. The molecule has 4 heteroatoms. The normalized spacial score (nSPS) is 30.9. The van der Waals surface area contributed by atoms with Crippen LogP contribution in [0.25, 0.3) is 0 Å². The molecule has 0 N–H and O–H groups in total. The van der Waals surface area contributed by atoms with Crippen LogP contribution in [-0.2, 0) is 15.1 Å². The van der Waals surface area contributed by atoms with E-state index in [4.69, 9.17) is 4.74 Å². The topological polar surface area (TPSA) is 32.8 Å². The molecule has 1 aromatic rings. The Morgan fingerprint density at radius 1 is 1.07 bits per heavy atom. The van der Waals surface area contributed by atoms with Crippen LogP contribution in [0, 0.1) is 5.41 Å². The highest BCUT2D eigenvalue weighted by atomic mass is 16.5. The van der Waals surface area contributed by atoms with E-state index in [0.717, 1.165) is 38.0 Å². The quantitative estimate of drug-likeness (QED) is 0.721. The monoisotopic (exact) mass is 398 g/mol. The molecule has 3 aliphatic rings. The van der Waals surface area contributed by atoms with Gasteiger partial charge in [-0.15, -0.1) is 0 Å². The van der Waals surface area contributed by atoms with Crippen LogP contribution in [-0.4, -0.2) is 47.6 Å². The Bertz CT molecular complexity index is 675. The van der Waals surface area contributed by atoms with Gasteiger partial charge in [-0.1, -0.05) is 63.9 Å². The van der Waals surface area contributed by atoms with Gasteiger partial charge < -0.3 is 9.64 Å². The summed E-state index contributed by atoms with van der Waals surface area (Å²) in [6.45, 7) is 8.25. The highest BCUT2D eigenvalue weighted by Crippen LogP contribution is 2.40. The van der Waals surface area contributed by atoms with E-state index in [1.54, 1.807) is 0 Å². The van der Waals surface area contributed by atoms with Crippen molar-refractivity contribution in [3.63, 3.8) is 0 Å². The Labute approximate surface area is 176 Å². The first-order chi connectivity index (χ1) is 13.9. The molecule has 0 spiro atoms. The third-order valence-electron chi connectivity index (χ3n) is 7.38. The summed E-state index contributed by atoms with van der Waals surface area (Å²) in [6.07, 6.45) is 10.1. The van der Waals surface area contributed by atoms with Gasteiger partial charge in [-0.05, 0) is 44.1 Å². The summed E-state index contributed by atoms with van der Waals surface area (Å²) in [5.74, 6) is 0.185. The predicted molar refractivity (Wildman–Crippen MR) is 116 cm³/mol. The number of hydrogen-bond acceptors (Lipinski definition) is 3. The summed E-state index contributed by atoms with van der Waals surface area (Å²) in [6, 6.07) is 12.3. The molecule has 3 aliphatic heterocycles. The third-order valence-corrected chi connectivity index (χ3v) is 7.38. The fourth-order valence-corrected chi connectivity index (χ4v) is 5.67. The molecule has 3 saturated heterocycles. The molecule has 4 rings (SSSR count). The Morgan fingerprint density at radius 3 is 2.28 bits per heavy atom. The lowest BCUT2D eigenvalue weighted by atomic mass is 9.85. The number of benzene rings is 1. The molecular formula is C25H38N2O2. The molecule has 3 atom stereocenters. The van der Waals surface area contributed by atoms with Crippen LogP contribution < -0.4 is 0 Å². The van der Waals surface area contributed by atoms with Crippen molar-refractivity contribution in [1.82, 2.24) is 9.80 Å². The lowest BCUT2D eigenvalue weighted by molar-refractivity contribution is -0.175. The molecule has 4 nitrogen and oxygen atoms in total. The number of carbonyl (C=O) groups excluding carboxylic acids is 1. The Hall–Kier alpha value is -1.39. The SMILES string of the molecule is CC(C)(C)C(=O)N1CCC(CCN2[C@@H]3CCCC[C@H]2CC3)(c2ccccc2)OC1. The van der Waals surface area contributed by atoms with Gasteiger partial charge in [0.1, 0.15) is 6.73 Å². The maximum Gasteiger partial charge on any atom is 0.229 e. The predicted octanol–water partition coefficient (Wildman–Crippen LogP) is 4.93. The van der Waals surface area contributed by atoms with Crippen molar-refractivity contribution in [3.05, 3.63) is 35.9 Å². The van der Waals surface area contributed by atoms with Gasteiger partial charge in [-0.3, -0.25) is 9.69 Å². The van der Waals surface area contributed by atoms with Crippen molar-refractivity contribution in [2.24, 2.45) is 5.41 Å². The molecule has 3 heterocycles. The van der Waals surface area contributed by atoms with Crippen LogP contribution in [0.2, 0.25) is 0 Å². The van der Waals surface area contributed by atoms with Gasteiger partial charge in [0.15, 0.2) is 0 Å². The number of hydrogen-bond donors (Lipinski definition) is 0. The van der Waals surface area contributed by atoms with E-state index in [-0.39, 0.29) is 16.9 Å². The maximum absolute atomic E-state index is 12.7. The minimum absolute atomic E-state index is 0.185. The van der Waals surface area contributed by atoms with Gasteiger partial charge >= 0.3 is 0 Å². The fraction of sp³-hybridized carbons (Fsp3) is 0.720. The molecule has 2 bridgehead atoms. The Balaban J connectivity index is 1.49. The lowest BCUT2D eigenvalue weighted by Crippen LogP contribution is -2.51. The largest absolute Gasteiger partial charge is 0.350 e. The van der Waals surface area contributed by atoms with Crippen molar-refractivity contribution >= 4 is 5.91 Å². The standard InChI is InChI=1S/C25H38N2O2/c1-24(2,3)23(28)26-17-15-25(29-19-26,20-9-5-4-6-10-20)16-18-27-21-11-7-8-12-22(27)14-13-21/h4-6,9-10,21-22H,7-8,11-19H2,1-3H3/t21-,22+,25?. The Kier molecular flexibility index (Phi) is 6.04. The highest BCUT2D eigenvalue weighted by Gasteiger charge is 2.42. The lowest BCUT2D eigenvalue weighted by Gasteiger charge is -2.45. The zero-order valence-electron chi connectivity index (χ0n) is 18.5. The van der Waals surface area contributed by atoms with E-state index in [1.165, 1.54) is 44.1 Å². The second kappa shape index (κ2) is 8.39. The molecule has 0 aromatic heterocycles. The first kappa shape index (κ1) is 20.9. The minimum atomic E-state index is -0.360. The zero-order valence-corrected chi connectivity index (χ0v) is 18.5. The van der Waals surface area contributed by atoms with Crippen molar-refractivity contribution < 1.29 is 9.53 Å². The molecule has 29 heavy (non-hydrogen) atoms. The molecule has 0 aliphatic carbocycles. The van der Waals surface area contributed by atoms with E-state index in [1.807, 2.05) is 25.7 Å². The van der Waals surface area contributed by atoms with Gasteiger partial charge in [0.2, 0.25) is 5.91 Å². The number of rotatable bonds is 4. The summed E-state index contributed by atoms with van der Waals surface area (Å²) in [5, 5.41) is 0. The van der Waals surface area contributed by atoms with Crippen LogP contribution in [0.4, 0.5) is 0 Å². The summed E-state index contributed by atoms with van der Waals surface area (Å²) >= 11 is 0. The minimum Gasteiger partial charge on any atom is -0.350 e. The second-order valence-corrected chi connectivity index (χ2v) is 10.4. The number of ether oxygens (including phenoxy) is 1. The third kappa shape index (κ3) is 4.39. The van der Waals surface area contributed by atoms with E-state index < -0.39 is 0 Å². The van der Waals surface area contributed by atoms with Gasteiger partial charge in [-0.25, -0.2) is 0 Å². The van der Waals surface area contributed by atoms with Crippen molar-refractivity contribution in [3.8, 4) is 0 Å². The average molecular weight is 399 g/mol. The summed E-state index contributed by atoms with van der Waals surface area (Å²) < 4.78 is 6.57. The average Bonchev–Trinajstić information content (AvgIpc) is 2.98. The fourth-order valence-electron chi connectivity index (χ4n) is 5.67. The van der Waals surface area contributed by atoms with Gasteiger partial charge in [0.05, 0.1) is 5.60 Å². The second-order valence-electron chi connectivity index (χ2n) is 10.4. The number of fused-ring (bicyclic) bond motifs is 2. The maximum atomic E-state index is 12.7. The summed E-state index contributed by atoms with van der Waals surface area (Å²) in [5.41, 5.74) is 0.633. The highest BCUT2D eigenvalue weighted by molar-refractivity contribution is 5.81. The molecule has 3 fully saturated rings. The van der Waals surface area contributed by atoms with Crippen LogP contribution >= 0.6 is 0 Å². The van der Waals surface area contributed by atoms with Gasteiger partial charge in [0.25, 0.3) is 0 Å². The van der Waals surface area contributed by atoms with Crippen LogP contribution in [0.3, 0.4) is 0 Å². The van der Waals surface area contributed by atoms with Crippen LogP contribution in [0.15, 0.2) is 30.3 Å². The molecule has 160 valence electrons. The molecular weight excluding hydrogens is 360 g/mol. The summed E-state index contributed by atoms with van der Waals surface area (Å²) in [4.78, 5) is 17.4. The molecule has 1 aromatic carbocycles. The molecule has 1 unspecified atom stereocenters. The molecule has 1 amide bonds. The van der Waals surface area contributed by atoms with E-state index in [9.17, 15) is 4.79 Å². The molecule has 0 saturated carbocycles. The smallest absolute Gasteiger partial charge is 0.229 e. The number of carbonyl (C=O) groups is 1. The van der Waals surface area contributed by atoms with Crippen molar-refractivity contribution in [2.75, 3.05) is 19.8 Å². The van der Waals surface area contributed by atoms with Gasteiger partial charge in [-0.2, -0.15) is 0 Å². The van der Waals surface area contributed by atoms with Crippen LogP contribution in [0.5, 0.6) is 0 Å². The van der Waals surface area contributed by atoms with E-state index in [0.29, 0.717) is 6.73 Å². The van der Waals surface area contributed by atoms with E-state index >= 15 is 0 Å². The van der Waals surface area contributed by atoms with Crippen molar-refractivity contribution in [1.29, 1.82) is 0 Å². The number of nitrogens with zero attached hydrogens (tertiary/aromatic N) is 2. The van der Waals surface area contributed by atoms with Crippen molar-refractivity contribution in [2.45, 2.75) is 89.8 Å². The number of amides is 1. The first-order valence-electron chi connectivity index (χ1n) is 11.6. The van der Waals surface area contributed by atoms with Gasteiger partial charge in [0, 0.05) is 30.6 Å². The van der Waals surface area contributed by atoms with E-state index in [2.05, 4.69) is 35.2 Å². The molecule has 0 radical (unpaired) electrons. The van der Waals surface area contributed by atoms with Crippen LogP contribution in [0.1, 0.15) is 77.7 Å². The zero-order chi connectivity index (χ0) is 20.5. The first-order valence-corrected chi connectivity index (χ1v) is 11.6.